The minimum absolute atomic E-state index is 0.794. The molecule has 2 rings (SSSR count). The first-order valence-electron chi connectivity index (χ1n) is 3.95. The molecule has 0 amide bonds. The number of nitrogens with one attached hydrogen (secondary N) is 1. The highest BCUT2D eigenvalue weighted by Crippen LogP contribution is 2.35. The molecule has 0 saturated heterocycles. The van der Waals surface area contributed by atoms with Crippen LogP contribution in [0.3, 0.4) is 0 Å². The Labute approximate surface area is 86.5 Å². The van der Waals surface area contributed by atoms with Gasteiger partial charge in [0.1, 0.15) is 5.84 Å². The van der Waals surface area contributed by atoms with Crippen LogP contribution in [0.2, 0.25) is 5.02 Å². The van der Waals surface area contributed by atoms with Gasteiger partial charge in [-0.3, -0.25) is 0 Å². The number of nitrogens with zero attached hydrogens (tertiary/aromatic N) is 1. The van der Waals surface area contributed by atoms with Gasteiger partial charge < -0.3 is 4.72 Å². The third-order valence-electron chi connectivity index (χ3n) is 1.84. The lowest BCUT2D eigenvalue weighted by Crippen LogP contribution is -2.13. The van der Waals surface area contributed by atoms with Crippen LogP contribution in [0.1, 0.15) is 12.5 Å². The maximum atomic E-state index is 5.99. The second kappa shape index (κ2) is 3.24. The van der Waals surface area contributed by atoms with Crippen LogP contribution in [0.4, 0.5) is 5.69 Å². The van der Waals surface area contributed by atoms with Crippen molar-refractivity contribution < 1.29 is 0 Å². The molecule has 1 heterocycles. The molecule has 13 heavy (non-hydrogen) atoms. The van der Waals surface area contributed by atoms with E-state index in [9.17, 15) is 0 Å². The van der Waals surface area contributed by atoms with Gasteiger partial charge in [0.2, 0.25) is 0 Å². The summed E-state index contributed by atoms with van der Waals surface area (Å²) in [6, 6.07) is 3.95. The van der Waals surface area contributed by atoms with Crippen LogP contribution in [0.25, 0.3) is 0 Å². The van der Waals surface area contributed by atoms with E-state index in [1.807, 2.05) is 26.0 Å². The first-order valence-corrected chi connectivity index (χ1v) is 5.14. The van der Waals surface area contributed by atoms with Gasteiger partial charge in [0.15, 0.2) is 0 Å². The fraction of sp³-hybridized carbons (Fsp3) is 0.222. The van der Waals surface area contributed by atoms with Crippen LogP contribution in [0, 0.1) is 6.92 Å². The Morgan fingerprint density at radius 2 is 2.15 bits per heavy atom. The molecule has 1 aliphatic rings. The smallest absolute Gasteiger partial charge is 0.109 e. The van der Waals surface area contributed by atoms with E-state index in [0.717, 1.165) is 27.0 Å². The van der Waals surface area contributed by atoms with E-state index in [4.69, 9.17) is 11.6 Å². The summed E-state index contributed by atoms with van der Waals surface area (Å²) in [6.45, 7) is 3.93. The lowest BCUT2D eigenvalue weighted by Gasteiger charge is -2.14. The number of hydrogen-bond acceptors (Lipinski definition) is 3. The monoisotopic (exact) mass is 212 g/mol. The molecule has 0 bridgehead atoms. The van der Waals surface area contributed by atoms with Crippen molar-refractivity contribution >= 4 is 35.1 Å². The molecule has 0 saturated carbocycles. The topological polar surface area (TPSA) is 24.4 Å². The highest BCUT2D eigenvalue weighted by molar-refractivity contribution is 7.98. The van der Waals surface area contributed by atoms with Crippen molar-refractivity contribution in [1.82, 2.24) is 4.72 Å². The van der Waals surface area contributed by atoms with Crippen molar-refractivity contribution in [1.29, 1.82) is 0 Å². The average molecular weight is 213 g/mol. The number of fused-ring (bicyclic) bond motifs is 1. The Morgan fingerprint density at radius 1 is 1.38 bits per heavy atom. The van der Waals surface area contributed by atoms with Crippen LogP contribution < -0.4 is 4.72 Å². The lowest BCUT2D eigenvalue weighted by molar-refractivity contribution is 1.25. The van der Waals surface area contributed by atoms with E-state index in [2.05, 4.69) is 9.71 Å². The molecule has 0 aromatic heterocycles. The van der Waals surface area contributed by atoms with Gasteiger partial charge in [-0.2, -0.15) is 0 Å². The summed E-state index contributed by atoms with van der Waals surface area (Å²) in [6.07, 6.45) is 0. The first kappa shape index (κ1) is 8.91. The van der Waals surface area contributed by atoms with Gasteiger partial charge in [-0.15, -0.1) is 0 Å². The largest absolute Gasteiger partial charge is 0.314 e. The van der Waals surface area contributed by atoms with Crippen LogP contribution in [-0.4, -0.2) is 5.84 Å². The molecule has 1 aromatic rings. The zero-order chi connectivity index (χ0) is 9.42. The number of hydrogen-bond donors (Lipinski definition) is 1. The highest BCUT2D eigenvalue weighted by atomic mass is 35.5. The summed E-state index contributed by atoms with van der Waals surface area (Å²) in [5.74, 6) is 0.930. The summed E-state index contributed by atoms with van der Waals surface area (Å²) < 4.78 is 3.09. The van der Waals surface area contributed by atoms with Crippen LogP contribution in [0.15, 0.2) is 22.0 Å². The van der Waals surface area contributed by atoms with Crippen LogP contribution in [-0.2, 0) is 0 Å². The Morgan fingerprint density at radius 3 is 2.92 bits per heavy atom. The number of amidine groups is 1. The molecule has 0 fully saturated rings. The number of halogens is 1. The maximum absolute atomic E-state index is 5.99. The van der Waals surface area contributed by atoms with E-state index in [-0.39, 0.29) is 0 Å². The summed E-state index contributed by atoms with van der Waals surface area (Å²) in [5, 5.41) is 0.794. The minimum Gasteiger partial charge on any atom is -0.314 e. The average Bonchev–Trinajstić information content (AvgIpc) is 2.08. The number of benzene rings is 1. The molecule has 68 valence electrons. The van der Waals surface area contributed by atoms with Gasteiger partial charge in [-0.25, -0.2) is 4.99 Å². The summed E-state index contributed by atoms with van der Waals surface area (Å²) in [5.41, 5.74) is 2.07. The summed E-state index contributed by atoms with van der Waals surface area (Å²) >= 11 is 7.55. The maximum Gasteiger partial charge on any atom is 0.109 e. The molecule has 1 aliphatic heterocycles. The predicted octanol–water partition coefficient (Wildman–Crippen LogP) is 3.31. The molecule has 0 unspecified atom stereocenters. The molecule has 0 atom stereocenters. The standard InChI is InChI=1S/C9H9ClN2S/c1-5-3-8-9(4-7(5)10)13-12-6(2)11-8/h3-4H,1-2H3,(H,11,12). The van der Waals surface area contributed by atoms with Crippen molar-refractivity contribution in [3.8, 4) is 0 Å². The quantitative estimate of drug-likeness (QED) is 0.668. The van der Waals surface area contributed by atoms with E-state index in [0.29, 0.717) is 0 Å². The summed E-state index contributed by atoms with van der Waals surface area (Å²) in [4.78, 5) is 5.46. The van der Waals surface area contributed by atoms with Gasteiger partial charge in [0, 0.05) is 5.02 Å². The predicted molar refractivity (Wildman–Crippen MR) is 58.0 cm³/mol. The third-order valence-corrected chi connectivity index (χ3v) is 3.19. The lowest BCUT2D eigenvalue weighted by atomic mass is 10.2. The molecular weight excluding hydrogens is 204 g/mol. The van der Waals surface area contributed by atoms with E-state index >= 15 is 0 Å². The van der Waals surface area contributed by atoms with Crippen molar-refractivity contribution in [2.75, 3.05) is 0 Å². The van der Waals surface area contributed by atoms with Crippen LogP contribution >= 0.6 is 23.5 Å². The van der Waals surface area contributed by atoms with Gasteiger partial charge >= 0.3 is 0 Å². The molecule has 0 radical (unpaired) electrons. The number of aliphatic imine (C=N–C) groups is 1. The third kappa shape index (κ3) is 1.67. The Kier molecular flexibility index (Phi) is 2.22. The Hall–Kier alpha value is -0.670. The number of aryl methyl sites for hydroxylation is 1. The summed E-state index contributed by atoms with van der Waals surface area (Å²) in [7, 11) is 0. The Balaban J connectivity index is 2.57. The molecular formula is C9H9ClN2S. The highest BCUT2D eigenvalue weighted by Gasteiger charge is 2.11. The number of rotatable bonds is 0. The van der Waals surface area contributed by atoms with Crippen molar-refractivity contribution in [2.45, 2.75) is 18.7 Å². The SMILES string of the molecule is CC1=Nc2cc(C)c(Cl)cc2SN1. The second-order valence-electron chi connectivity index (χ2n) is 2.97. The zero-order valence-corrected chi connectivity index (χ0v) is 8.96. The Bertz CT molecular complexity index is 387. The van der Waals surface area contributed by atoms with Gasteiger partial charge in [-0.05, 0) is 43.5 Å². The van der Waals surface area contributed by atoms with E-state index in [1.165, 1.54) is 0 Å². The van der Waals surface area contributed by atoms with Crippen LogP contribution in [0.5, 0.6) is 0 Å². The first-order chi connectivity index (χ1) is 6.16. The molecule has 2 nitrogen and oxygen atoms in total. The van der Waals surface area contributed by atoms with Gasteiger partial charge in [-0.1, -0.05) is 11.6 Å². The van der Waals surface area contributed by atoms with Gasteiger partial charge in [0.05, 0.1) is 10.6 Å². The fourth-order valence-electron chi connectivity index (χ4n) is 1.15. The van der Waals surface area contributed by atoms with Crippen molar-refractivity contribution in [3.05, 3.63) is 22.7 Å². The molecule has 1 N–H and O–H groups in total. The minimum atomic E-state index is 0.794. The van der Waals surface area contributed by atoms with E-state index < -0.39 is 0 Å². The molecule has 1 aromatic carbocycles. The molecule has 4 heteroatoms. The van der Waals surface area contributed by atoms with Gasteiger partial charge in [0.25, 0.3) is 0 Å². The zero-order valence-electron chi connectivity index (χ0n) is 7.39. The fourth-order valence-corrected chi connectivity index (χ4v) is 2.07. The normalized spacial score (nSPS) is 14.5. The van der Waals surface area contributed by atoms with E-state index in [1.54, 1.807) is 11.9 Å². The second-order valence-corrected chi connectivity index (χ2v) is 4.23. The van der Waals surface area contributed by atoms with Crippen molar-refractivity contribution in [2.24, 2.45) is 4.99 Å². The molecule has 0 aliphatic carbocycles. The molecule has 0 spiro atoms. The van der Waals surface area contributed by atoms with Crippen molar-refractivity contribution in [3.63, 3.8) is 0 Å².